The highest BCUT2D eigenvalue weighted by Crippen LogP contribution is 2.42. The van der Waals surface area contributed by atoms with Crippen molar-refractivity contribution in [3.8, 4) is 0 Å². The average Bonchev–Trinajstić information content (AvgIpc) is 2.55. The Morgan fingerprint density at radius 3 is 2.12 bits per heavy atom. The molecule has 0 bridgehead atoms. The second-order valence-corrected chi connectivity index (χ2v) is 9.11. The Morgan fingerprint density at radius 1 is 1.00 bits per heavy atom. The monoisotopic (exact) mass is 352 g/mol. The first-order valence-corrected chi connectivity index (χ1v) is 9.86. The van der Waals surface area contributed by atoms with Gasteiger partial charge in [0, 0.05) is 18.6 Å². The molecule has 0 aliphatic carbocycles. The predicted molar refractivity (Wildman–Crippen MR) is 102 cm³/mol. The molecule has 0 amide bonds. The number of ether oxygens (including phenoxy) is 1. The zero-order chi connectivity index (χ0) is 18.5. The van der Waals surface area contributed by atoms with Crippen LogP contribution in [0.1, 0.15) is 59.8 Å². The van der Waals surface area contributed by atoms with Gasteiger partial charge in [0.05, 0.1) is 12.2 Å². The van der Waals surface area contributed by atoms with Crippen LogP contribution >= 0.6 is 0 Å². The lowest BCUT2D eigenvalue weighted by molar-refractivity contribution is -0.252. The van der Waals surface area contributed by atoms with E-state index in [1.165, 1.54) is 12.8 Å². The maximum atomic E-state index is 8.75. The van der Waals surface area contributed by atoms with E-state index < -0.39 is 0 Å². The minimum Gasteiger partial charge on any atom is -0.385 e. The van der Waals surface area contributed by atoms with Crippen molar-refractivity contribution >= 4 is 7.85 Å². The molecule has 5 nitrogen and oxygen atoms in total. The van der Waals surface area contributed by atoms with Crippen LogP contribution in [0, 0.1) is 17.3 Å². The molecule has 2 heterocycles. The predicted octanol–water partition coefficient (Wildman–Crippen LogP) is 2.55. The number of rotatable bonds is 8. The summed E-state index contributed by atoms with van der Waals surface area (Å²) < 4.78 is 5.83. The molecule has 2 fully saturated rings. The molecule has 2 saturated heterocycles. The molecule has 4 atom stereocenters. The summed E-state index contributed by atoms with van der Waals surface area (Å²) in [5.41, 5.74) is -0.152. The summed E-state index contributed by atoms with van der Waals surface area (Å²) in [5, 5.41) is 16.1. The molecular weight excluding hydrogens is 315 g/mol. The first kappa shape index (κ1) is 21.2. The van der Waals surface area contributed by atoms with E-state index in [9.17, 15) is 0 Å². The van der Waals surface area contributed by atoms with Crippen LogP contribution in [0.4, 0.5) is 0 Å². The molecule has 4 unspecified atom stereocenters. The normalized spacial score (nSPS) is 31.9. The number of nitrogens with one attached hydrogen (secondary N) is 2. The Balaban J connectivity index is 1.92. The lowest BCUT2D eigenvalue weighted by Gasteiger charge is -2.46. The topological polar surface area (TPSA) is 62.8 Å². The molecule has 3 N–H and O–H groups in total. The smallest absolute Gasteiger partial charge is 0.104 e. The van der Waals surface area contributed by atoms with Crippen LogP contribution in [0.5, 0.6) is 0 Å². The van der Waals surface area contributed by atoms with E-state index in [0.717, 1.165) is 32.4 Å². The highest BCUT2D eigenvalue weighted by atomic mass is 17.1. The van der Waals surface area contributed by atoms with E-state index in [4.69, 9.17) is 17.8 Å². The largest absolute Gasteiger partial charge is 0.385 e. The van der Waals surface area contributed by atoms with Crippen LogP contribution in [0.3, 0.4) is 0 Å². The van der Waals surface area contributed by atoms with Crippen LogP contribution in [0.2, 0.25) is 0 Å². The van der Waals surface area contributed by atoms with Crippen molar-refractivity contribution in [3.05, 3.63) is 0 Å². The van der Waals surface area contributed by atoms with Crippen LogP contribution in [0.15, 0.2) is 0 Å². The Morgan fingerprint density at radius 2 is 1.56 bits per heavy atom. The molecule has 2 aliphatic rings. The zero-order valence-corrected chi connectivity index (χ0v) is 16.5. The van der Waals surface area contributed by atoms with Gasteiger partial charge in [-0.05, 0) is 76.3 Å². The molecule has 144 valence electrons. The quantitative estimate of drug-likeness (QED) is 0.356. The molecule has 2 radical (unpaired) electrons. The fourth-order valence-corrected chi connectivity index (χ4v) is 4.49. The molecule has 2 rings (SSSR count). The van der Waals surface area contributed by atoms with Gasteiger partial charge in [-0.15, -0.1) is 0 Å². The van der Waals surface area contributed by atoms with Gasteiger partial charge in [-0.1, -0.05) is 13.8 Å². The highest BCUT2D eigenvalue weighted by Gasteiger charge is 2.41. The Bertz CT molecular complexity index is 404. The Labute approximate surface area is 154 Å². The first-order chi connectivity index (χ1) is 11.8. The summed E-state index contributed by atoms with van der Waals surface area (Å²) in [5.74, 6) is 1.14. The summed E-state index contributed by atoms with van der Waals surface area (Å²) in [6.45, 7) is 11.7. The van der Waals surface area contributed by atoms with Crippen molar-refractivity contribution in [2.75, 3.05) is 26.2 Å². The summed E-state index contributed by atoms with van der Waals surface area (Å²) in [7, 11) is 5.63. The van der Waals surface area contributed by atoms with Crippen LogP contribution in [-0.4, -0.2) is 57.0 Å². The van der Waals surface area contributed by atoms with Gasteiger partial charge < -0.3 is 15.4 Å². The summed E-state index contributed by atoms with van der Waals surface area (Å²) in [4.78, 5) is 4.39. The Hall–Kier alpha value is -0.135. The molecule has 0 aromatic rings. The molecule has 0 spiro atoms. The van der Waals surface area contributed by atoms with Gasteiger partial charge >= 0.3 is 0 Å². The van der Waals surface area contributed by atoms with E-state index >= 15 is 0 Å². The third-order valence-corrected chi connectivity index (χ3v) is 6.76. The van der Waals surface area contributed by atoms with Crippen LogP contribution in [-0.2, 0) is 9.62 Å². The molecule has 25 heavy (non-hydrogen) atoms. The van der Waals surface area contributed by atoms with E-state index in [2.05, 4.69) is 43.2 Å². The van der Waals surface area contributed by atoms with Crippen LogP contribution < -0.4 is 10.6 Å². The molecule has 6 heteroatoms. The minimum absolute atomic E-state index is 0.0756. The van der Waals surface area contributed by atoms with Crippen molar-refractivity contribution in [1.82, 2.24) is 10.6 Å². The second-order valence-electron chi connectivity index (χ2n) is 9.11. The maximum absolute atomic E-state index is 8.75. The van der Waals surface area contributed by atoms with Crippen molar-refractivity contribution in [2.24, 2.45) is 17.3 Å². The minimum atomic E-state index is -0.227. The molecule has 0 saturated carbocycles. The molecule has 2 aliphatic heterocycles. The number of hydrogen-bond donors (Lipinski definition) is 3. The van der Waals surface area contributed by atoms with Crippen molar-refractivity contribution < 1.29 is 14.9 Å². The van der Waals surface area contributed by atoms with Crippen molar-refractivity contribution in [3.63, 3.8) is 0 Å². The number of piperidine rings is 2. The van der Waals surface area contributed by atoms with E-state index in [0.29, 0.717) is 30.5 Å². The average molecular weight is 352 g/mol. The van der Waals surface area contributed by atoms with Gasteiger partial charge in [0.1, 0.15) is 7.85 Å². The van der Waals surface area contributed by atoms with Gasteiger partial charge in [-0.2, -0.15) is 0 Å². The third kappa shape index (κ3) is 5.67. The van der Waals surface area contributed by atoms with Gasteiger partial charge in [0.25, 0.3) is 0 Å². The summed E-state index contributed by atoms with van der Waals surface area (Å²) >= 11 is 0. The van der Waals surface area contributed by atoms with Gasteiger partial charge in [-0.25, -0.2) is 4.89 Å². The molecule has 0 aromatic carbocycles. The van der Waals surface area contributed by atoms with Gasteiger partial charge in [-0.3, -0.25) is 5.26 Å². The lowest BCUT2D eigenvalue weighted by Crippen LogP contribution is -2.55. The van der Waals surface area contributed by atoms with E-state index in [1.807, 2.05) is 0 Å². The summed E-state index contributed by atoms with van der Waals surface area (Å²) in [6, 6.07) is 0.961. The van der Waals surface area contributed by atoms with Crippen molar-refractivity contribution in [1.29, 1.82) is 0 Å². The van der Waals surface area contributed by atoms with Crippen molar-refractivity contribution in [2.45, 2.75) is 77.5 Å². The fourth-order valence-electron chi connectivity index (χ4n) is 4.49. The van der Waals surface area contributed by atoms with Gasteiger partial charge in [0.2, 0.25) is 0 Å². The standard InChI is InChI=1S/C19H37BN2O3/c1-18(2,19(3,4)24-13-20)11-14-5-7-21-16(9-14)17-10-15(12-25-23)6-8-22-17/h14-17,21-23H,5-13H2,1-4H3. The van der Waals surface area contributed by atoms with Crippen LogP contribution in [0.25, 0.3) is 0 Å². The SMILES string of the molecule is [B]COC(C)(C)C(C)(C)CC1CCNC(C2CC(COO)CCN2)C1. The van der Waals surface area contributed by atoms with E-state index in [-0.39, 0.29) is 17.5 Å². The van der Waals surface area contributed by atoms with E-state index in [1.54, 1.807) is 0 Å². The molecular formula is C19H37BN2O3. The highest BCUT2D eigenvalue weighted by molar-refractivity contribution is 6.08. The lowest BCUT2D eigenvalue weighted by atomic mass is 9.68. The Kier molecular flexibility index (Phi) is 7.77. The third-order valence-electron chi connectivity index (χ3n) is 6.76. The fraction of sp³-hybridized carbons (Fsp3) is 1.00. The summed E-state index contributed by atoms with van der Waals surface area (Å²) in [6.07, 6.45) is 5.69. The zero-order valence-electron chi connectivity index (χ0n) is 16.5. The van der Waals surface area contributed by atoms with Gasteiger partial charge in [0.15, 0.2) is 0 Å². The molecule has 0 aromatic heterocycles. The number of hydrogen-bond acceptors (Lipinski definition) is 5. The first-order valence-electron chi connectivity index (χ1n) is 9.86. The maximum Gasteiger partial charge on any atom is 0.104 e. The second kappa shape index (κ2) is 9.18.